The molecule has 0 saturated heterocycles. The van der Waals surface area contributed by atoms with Gasteiger partial charge in [0, 0.05) is 23.0 Å². The molecule has 2 rings (SSSR count). The van der Waals surface area contributed by atoms with Gasteiger partial charge in [0.05, 0.1) is 0 Å². The zero-order valence-electron chi connectivity index (χ0n) is 11.8. The van der Waals surface area contributed by atoms with E-state index < -0.39 is 0 Å². The first-order valence-corrected chi connectivity index (χ1v) is 8.13. The highest BCUT2D eigenvalue weighted by atomic mass is 35.5. The van der Waals surface area contributed by atoms with Crippen molar-refractivity contribution in [1.29, 1.82) is 0 Å². The van der Waals surface area contributed by atoms with Crippen LogP contribution in [0.2, 0.25) is 5.02 Å². The van der Waals surface area contributed by atoms with Crippen molar-refractivity contribution in [2.45, 2.75) is 32.6 Å². The molecule has 0 bridgehead atoms. The molecular formula is C16H21Cl2NO. The van der Waals surface area contributed by atoms with E-state index in [1.165, 1.54) is 19.3 Å². The molecule has 1 aromatic rings. The average Bonchev–Trinajstić information content (AvgIpc) is 2.45. The molecule has 20 heavy (non-hydrogen) atoms. The number of alkyl halides is 1. The third-order valence-electron chi connectivity index (χ3n) is 4.22. The Morgan fingerprint density at radius 2 is 2.00 bits per heavy atom. The van der Waals surface area contributed by atoms with Gasteiger partial charge < -0.3 is 5.32 Å². The van der Waals surface area contributed by atoms with Crippen LogP contribution in [0.5, 0.6) is 0 Å². The maximum absolute atomic E-state index is 12.2. The molecule has 110 valence electrons. The maximum Gasteiger partial charge on any atom is 0.251 e. The highest BCUT2D eigenvalue weighted by molar-refractivity contribution is 6.30. The van der Waals surface area contributed by atoms with Gasteiger partial charge in [-0.15, -0.1) is 11.6 Å². The lowest BCUT2D eigenvalue weighted by molar-refractivity contribution is 0.0936. The Bertz CT molecular complexity index is 476. The fourth-order valence-electron chi connectivity index (χ4n) is 2.96. The van der Waals surface area contributed by atoms with Crippen LogP contribution >= 0.6 is 23.2 Å². The summed E-state index contributed by atoms with van der Waals surface area (Å²) in [6, 6.07) is 5.36. The Labute approximate surface area is 130 Å². The lowest BCUT2D eigenvalue weighted by Crippen LogP contribution is -2.35. The minimum Gasteiger partial charge on any atom is -0.352 e. The van der Waals surface area contributed by atoms with E-state index in [1.54, 1.807) is 12.1 Å². The zero-order chi connectivity index (χ0) is 14.5. The molecule has 1 amide bonds. The fourth-order valence-corrected chi connectivity index (χ4v) is 3.59. The van der Waals surface area contributed by atoms with Gasteiger partial charge in [-0.05, 0) is 55.4 Å². The molecule has 0 heterocycles. The van der Waals surface area contributed by atoms with E-state index in [2.05, 4.69) is 5.32 Å². The Hall–Kier alpha value is -0.730. The summed E-state index contributed by atoms with van der Waals surface area (Å²) >= 11 is 11.9. The molecule has 1 aliphatic carbocycles. The van der Waals surface area contributed by atoms with Crippen LogP contribution in [0.1, 0.15) is 41.6 Å². The van der Waals surface area contributed by atoms with Crippen molar-refractivity contribution in [1.82, 2.24) is 5.32 Å². The summed E-state index contributed by atoms with van der Waals surface area (Å²) in [5.41, 5.74) is 1.61. The second-order valence-corrected chi connectivity index (χ2v) is 6.37. The van der Waals surface area contributed by atoms with Crippen LogP contribution in [0, 0.1) is 18.8 Å². The van der Waals surface area contributed by atoms with Crippen LogP contribution in [0.3, 0.4) is 0 Å². The number of amides is 1. The second kappa shape index (κ2) is 7.33. The Balaban J connectivity index is 1.94. The van der Waals surface area contributed by atoms with Gasteiger partial charge in [0.2, 0.25) is 0 Å². The number of halogens is 2. The lowest BCUT2D eigenvalue weighted by atomic mass is 9.80. The summed E-state index contributed by atoms with van der Waals surface area (Å²) in [5.74, 6) is 1.73. The largest absolute Gasteiger partial charge is 0.352 e. The quantitative estimate of drug-likeness (QED) is 0.819. The summed E-state index contributed by atoms with van der Waals surface area (Å²) < 4.78 is 0. The fraction of sp³-hybridized carbons (Fsp3) is 0.562. The summed E-state index contributed by atoms with van der Waals surface area (Å²) in [4.78, 5) is 12.2. The lowest BCUT2D eigenvalue weighted by Gasteiger charge is -2.30. The van der Waals surface area contributed by atoms with Gasteiger partial charge >= 0.3 is 0 Å². The number of carbonyl (C=O) groups is 1. The van der Waals surface area contributed by atoms with Crippen LogP contribution in [0.25, 0.3) is 0 Å². The van der Waals surface area contributed by atoms with Crippen molar-refractivity contribution in [3.8, 4) is 0 Å². The molecule has 1 fully saturated rings. The van der Waals surface area contributed by atoms with Crippen LogP contribution in [0.15, 0.2) is 18.2 Å². The summed E-state index contributed by atoms with van der Waals surface area (Å²) in [6.07, 6.45) is 4.85. The highest BCUT2D eigenvalue weighted by Crippen LogP contribution is 2.30. The number of hydrogen-bond acceptors (Lipinski definition) is 1. The van der Waals surface area contributed by atoms with Gasteiger partial charge in [0.15, 0.2) is 0 Å². The SMILES string of the molecule is Cc1cc(Cl)ccc1C(=O)NCC1CCCCC1CCl. The van der Waals surface area contributed by atoms with Crippen molar-refractivity contribution in [2.75, 3.05) is 12.4 Å². The van der Waals surface area contributed by atoms with Crippen molar-refractivity contribution < 1.29 is 4.79 Å². The second-order valence-electron chi connectivity index (χ2n) is 5.63. The van der Waals surface area contributed by atoms with Gasteiger partial charge in [-0.3, -0.25) is 4.79 Å². The normalized spacial score (nSPS) is 22.6. The van der Waals surface area contributed by atoms with Crippen LogP contribution in [-0.4, -0.2) is 18.3 Å². The van der Waals surface area contributed by atoms with Crippen molar-refractivity contribution >= 4 is 29.1 Å². The molecule has 2 nitrogen and oxygen atoms in total. The third kappa shape index (κ3) is 3.89. The summed E-state index contributed by atoms with van der Waals surface area (Å²) in [5, 5.41) is 3.71. The Kier molecular flexibility index (Phi) is 5.74. The first-order chi connectivity index (χ1) is 9.61. The van der Waals surface area contributed by atoms with E-state index >= 15 is 0 Å². The number of nitrogens with one attached hydrogen (secondary N) is 1. The molecule has 0 spiro atoms. The number of benzene rings is 1. The smallest absolute Gasteiger partial charge is 0.251 e. The predicted octanol–water partition coefficient (Wildman–Crippen LogP) is 4.42. The molecular weight excluding hydrogens is 293 g/mol. The number of hydrogen-bond donors (Lipinski definition) is 1. The van der Waals surface area contributed by atoms with Gasteiger partial charge in [-0.25, -0.2) is 0 Å². The number of carbonyl (C=O) groups excluding carboxylic acids is 1. The molecule has 1 aromatic carbocycles. The number of rotatable bonds is 4. The average molecular weight is 314 g/mol. The maximum atomic E-state index is 12.2. The zero-order valence-corrected chi connectivity index (χ0v) is 13.3. The Morgan fingerprint density at radius 3 is 2.65 bits per heavy atom. The molecule has 2 unspecified atom stereocenters. The van der Waals surface area contributed by atoms with E-state index in [1.807, 2.05) is 13.0 Å². The number of aryl methyl sites for hydroxylation is 1. The van der Waals surface area contributed by atoms with E-state index in [0.29, 0.717) is 28.3 Å². The minimum absolute atomic E-state index is 0.0157. The van der Waals surface area contributed by atoms with E-state index in [4.69, 9.17) is 23.2 Å². The van der Waals surface area contributed by atoms with Gasteiger partial charge in [0.25, 0.3) is 5.91 Å². The molecule has 0 radical (unpaired) electrons. The van der Waals surface area contributed by atoms with Gasteiger partial charge in [0.1, 0.15) is 0 Å². The van der Waals surface area contributed by atoms with Crippen molar-refractivity contribution in [3.63, 3.8) is 0 Å². The van der Waals surface area contributed by atoms with Crippen LogP contribution < -0.4 is 5.32 Å². The molecule has 0 aliphatic heterocycles. The Morgan fingerprint density at radius 1 is 1.30 bits per heavy atom. The monoisotopic (exact) mass is 313 g/mol. The van der Waals surface area contributed by atoms with Crippen LogP contribution in [-0.2, 0) is 0 Å². The van der Waals surface area contributed by atoms with Crippen molar-refractivity contribution in [2.24, 2.45) is 11.8 Å². The highest BCUT2D eigenvalue weighted by Gasteiger charge is 2.24. The third-order valence-corrected chi connectivity index (χ3v) is 4.85. The molecule has 4 heteroatoms. The first kappa shape index (κ1) is 15.7. The van der Waals surface area contributed by atoms with Crippen LogP contribution in [0.4, 0.5) is 0 Å². The van der Waals surface area contributed by atoms with Gasteiger partial charge in [-0.1, -0.05) is 24.4 Å². The molecule has 1 aliphatic rings. The standard InChI is InChI=1S/C16H21Cl2NO/c1-11-8-14(18)6-7-15(11)16(20)19-10-13-5-3-2-4-12(13)9-17/h6-8,12-13H,2-5,9-10H2,1H3,(H,19,20). The summed E-state index contributed by atoms with van der Waals surface area (Å²) in [7, 11) is 0. The molecule has 1 N–H and O–H groups in total. The van der Waals surface area contributed by atoms with E-state index in [9.17, 15) is 4.79 Å². The molecule has 1 saturated carbocycles. The van der Waals surface area contributed by atoms with E-state index in [-0.39, 0.29) is 5.91 Å². The van der Waals surface area contributed by atoms with E-state index in [0.717, 1.165) is 18.5 Å². The van der Waals surface area contributed by atoms with Gasteiger partial charge in [-0.2, -0.15) is 0 Å². The topological polar surface area (TPSA) is 29.1 Å². The summed E-state index contributed by atoms with van der Waals surface area (Å²) in [6.45, 7) is 2.63. The molecule has 0 aromatic heterocycles. The van der Waals surface area contributed by atoms with Crippen molar-refractivity contribution in [3.05, 3.63) is 34.3 Å². The molecule has 2 atom stereocenters. The minimum atomic E-state index is -0.0157. The predicted molar refractivity (Wildman–Crippen MR) is 84.7 cm³/mol. The first-order valence-electron chi connectivity index (χ1n) is 7.22.